The summed E-state index contributed by atoms with van der Waals surface area (Å²) in [4.78, 5) is 35.5. The first-order chi connectivity index (χ1) is 13.0. The normalized spacial score (nSPS) is 19.5. The highest BCUT2D eigenvalue weighted by Crippen LogP contribution is 2.25. The van der Waals surface area contributed by atoms with Crippen LogP contribution in [0, 0.1) is 0 Å². The molecule has 1 aromatic heterocycles. The zero-order chi connectivity index (χ0) is 20.9. The Morgan fingerprint density at radius 1 is 1.32 bits per heavy atom. The Hall–Kier alpha value is -2.58. The van der Waals surface area contributed by atoms with Gasteiger partial charge in [-0.25, -0.2) is 14.4 Å². The van der Waals surface area contributed by atoms with Crippen molar-refractivity contribution in [2.45, 2.75) is 83.4 Å². The number of fused-ring (bicyclic) bond motifs is 1. The Morgan fingerprint density at radius 3 is 2.68 bits per heavy atom. The molecule has 0 aliphatic carbocycles. The van der Waals surface area contributed by atoms with Gasteiger partial charge in [-0.1, -0.05) is 23.7 Å². The summed E-state index contributed by atoms with van der Waals surface area (Å²) in [6.45, 7) is 6.55. The van der Waals surface area contributed by atoms with Gasteiger partial charge in [-0.05, 0) is 53.4 Å². The van der Waals surface area contributed by atoms with Crippen molar-refractivity contribution in [2.75, 3.05) is 0 Å². The molecule has 0 fully saturated rings. The summed E-state index contributed by atoms with van der Waals surface area (Å²) in [7, 11) is 0. The monoisotopic (exact) mass is 395 g/mol. The molecule has 2 heterocycles. The first-order valence-electron chi connectivity index (χ1n) is 9.48. The quantitative estimate of drug-likeness (QED) is 0.710. The third-order valence-corrected chi connectivity index (χ3v) is 4.61. The SMILES string of the molecule is CC(C)(C)OC(=O)N[C@@](C)(CC=CCC1CCCCc2noc(=O)n21)C(=O)O. The lowest BCUT2D eigenvalue weighted by molar-refractivity contribution is -0.144. The number of aromatic nitrogens is 2. The maximum Gasteiger partial charge on any atom is 0.441 e. The summed E-state index contributed by atoms with van der Waals surface area (Å²) in [6, 6.07) is -0.0672. The van der Waals surface area contributed by atoms with Crippen LogP contribution in [0.4, 0.5) is 4.79 Å². The van der Waals surface area contributed by atoms with Crippen molar-refractivity contribution in [1.82, 2.24) is 15.0 Å². The smallest absolute Gasteiger partial charge is 0.441 e. The van der Waals surface area contributed by atoms with Crippen molar-refractivity contribution >= 4 is 12.1 Å². The van der Waals surface area contributed by atoms with E-state index in [0.29, 0.717) is 18.7 Å². The lowest BCUT2D eigenvalue weighted by atomic mass is 9.97. The van der Waals surface area contributed by atoms with Crippen LogP contribution >= 0.6 is 0 Å². The minimum Gasteiger partial charge on any atom is -0.480 e. The van der Waals surface area contributed by atoms with Crippen molar-refractivity contribution in [3.05, 3.63) is 28.5 Å². The molecule has 28 heavy (non-hydrogen) atoms. The average molecular weight is 395 g/mol. The van der Waals surface area contributed by atoms with E-state index in [1.165, 1.54) is 6.92 Å². The van der Waals surface area contributed by atoms with E-state index in [0.717, 1.165) is 19.3 Å². The predicted octanol–water partition coefficient (Wildman–Crippen LogP) is 2.81. The Balaban J connectivity index is 2.01. The van der Waals surface area contributed by atoms with Crippen LogP contribution in [0.2, 0.25) is 0 Å². The van der Waals surface area contributed by atoms with Crippen LogP contribution in [0.3, 0.4) is 0 Å². The predicted molar refractivity (Wildman–Crippen MR) is 101 cm³/mol. The van der Waals surface area contributed by atoms with E-state index in [1.807, 2.05) is 6.08 Å². The Kier molecular flexibility index (Phi) is 6.69. The van der Waals surface area contributed by atoms with E-state index in [1.54, 1.807) is 31.4 Å². The highest BCUT2D eigenvalue weighted by atomic mass is 16.6. The fraction of sp³-hybridized carbons (Fsp3) is 0.684. The third-order valence-electron chi connectivity index (χ3n) is 4.61. The number of aryl methyl sites for hydroxylation is 1. The molecule has 1 aromatic rings. The molecular formula is C19H29N3O6. The van der Waals surface area contributed by atoms with Gasteiger partial charge in [-0.15, -0.1) is 0 Å². The van der Waals surface area contributed by atoms with Crippen LogP contribution in [0.1, 0.15) is 71.7 Å². The van der Waals surface area contributed by atoms with E-state index in [2.05, 4.69) is 10.5 Å². The first kappa shape index (κ1) is 21.7. The average Bonchev–Trinajstić information content (AvgIpc) is 2.80. The molecule has 1 aliphatic rings. The number of hydrogen-bond donors (Lipinski definition) is 2. The molecule has 0 radical (unpaired) electrons. The van der Waals surface area contributed by atoms with Gasteiger partial charge in [0, 0.05) is 12.5 Å². The molecule has 9 nitrogen and oxygen atoms in total. The molecule has 1 unspecified atom stereocenters. The Bertz CT molecular complexity index is 788. The molecule has 2 N–H and O–H groups in total. The number of nitrogens with zero attached hydrogens (tertiary/aromatic N) is 2. The van der Waals surface area contributed by atoms with Crippen LogP contribution < -0.4 is 11.1 Å². The van der Waals surface area contributed by atoms with Gasteiger partial charge >= 0.3 is 17.8 Å². The number of carboxylic acid groups (broad SMARTS) is 1. The number of amides is 1. The molecule has 1 amide bonds. The fourth-order valence-electron chi connectivity index (χ4n) is 3.12. The van der Waals surface area contributed by atoms with Gasteiger partial charge in [0.15, 0.2) is 5.82 Å². The zero-order valence-electron chi connectivity index (χ0n) is 16.9. The van der Waals surface area contributed by atoms with Gasteiger partial charge in [0.05, 0.1) is 0 Å². The molecule has 0 spiro atoms. The number of carbonyl (C=O) groups is 2. The fourth-order valence-corrected chi connectivity index (χ4v) is 3.12. The van der Waals surface area contributed by atoms with E-state index >= 15 is 0 Å². The maximum absolute atomic E-state index is 12.0. The number of hydrogen-bond acceptors (Lipinski definition) is 6. The number of nitrogens with one attached hydrogen (secondary N) is 1. The number of alkyl carbamates (subject to hydrolysis) is 1. The minimum absolute atomic E-state index is 0.0672. The maximum atomic E-state index is 12.0. The van der Waals surface area contributed by atoms with Gasteiger partial charge in [-0.3, -0.25) is 9.09 Å². The molecule has 1 aliphatic heterocycles. The van der Waals surface area contributed by atoms with Crippen LogP contribution in [0.5, 0.6) is 0 Å². The van der Waals surface area contributed by atoms with Gasteiger partial charge < -0.3 is 15.2 Å². The lowest BCUT2D eigenvalue weighted by Gasteiger charge is -2.27. The van der Waals surface area contributed by atoms with Crippen LogP contribution in [0.25, 0.3) is 0 Å². The van der Waals surface area contributed by atoms with Crippen LogP contribution in [-0.2, 0) is 16.0 Å². The standard InChI is InChI=1S/C19H29N3O6/c1-18(2,3)27-16(25)20-19(4,15(23)24)12-8-7-10-13-9-5-6-11-14-21-28-17(26)22(13)14/h7-8,13H,5-6,9-12H2,1-4H3,(H,20,25)(H,23,24)/t13?,19-/m0/s1. The summed E-state index contributed by atoms with van der Waals surface area (Å²) in [5.41, 5.74) is -2.22. The van der Waals surface area contributed by atoms with Crippen molar-refractivity contribution in [3.8, 4) is 0 Å². The van der Waals surface area contributed by atoms with Gasteiger partial charge in [0.2, 0.25) is 0 Å². The molecule has 0 saturated heterocycles. The number of ether oxygens (including phenoxy) is 1. The molecule has 0 aromatic carbocycles. The second-order valence-corrected chi connectivity index (χ2v) is 8.31. The van der Waals surface area contributed by atoms with Gasteiger partial charge in [0.25, 0.3) is 0 Å². The third kappa shape index (κ3) is 5.71. The highest BCUT2D eigenvalue weighted by Gasteiger charge is 2.35. The molecular weight excluding hydrogens is 366 g/mol. The van der Waals surface area contributed by atoms with Crippen molar-refractivity contribution < 1.29 is 24.0 Å². The zero-order valence-corrected chi connectivity index (χ0v) is 16.9. The number of rotatable bonds is 6. The number of carboxylic acids is 1. The summed E-state index contributed by atoms with van der Waals surface area (Å²) in [5.74, 6) is -0.963. The number of aliphatic carboxylic acids is 1. The van der Waals surface area contributed by atoms with E-state index < -0.39 is 29.0 Å². The first-order valence-corrected chi connectivity index (χ1v) is 9.48. The topological polar surface area (TPSA) is 124 Å². The largest absolute Gasteiger partial charge is 0.480 e. The summed E-state index contributed by atoms with van der Waals surface area (Å²) in [5, 5.41) is 15.8. The van der Waals surface area contributed by atoms with E-state index in [9.17, 15) is 19.5 Å². The van der Waals surface area contributed by atoms with Gasteiger partial charge in [0.1, 0.15) is 11.1 Å². The van der Waals surface area contributed by atoms with E-state index in [-0.39, 0.29) is 12.5 Å². The van der Waals surface area contributed by atoms with Crippen LogP contribution in [0.15, 0.2) is 21.5 Å². The second kappa shape index (κ2) is 8.62. The molecule has 2 rings (SSSR count). The molecule has 156 valence electrons. The summed E-state index contributed by atoms with van der Waals surface area (Å²) >= 11 is 0. The summed E-state index contributed by atoms with van der Waals surface area (Å²) in [6.07, 6.45) is 6.85. The van der Waals surface area contributed by atoms with Gasteiger partial charge in [-0.2, -0.15) is 0 Å². The van der Waals surface area contributed by atoms with Crippen LogP contribution in [-0.4, -0.2) is 38.0 Å². The Morgan fingerprint density at radius 2 is 2.04 bits per heavy atom. The number of carbonyl (C=O) groups excluding carboxylic acids is 1. The Labute approximate surface area is 163 Å². The molecule has 0 bridgehead atoms. The molecule has 0 saturated carbocycles. The van der Waals surface area contributed by atoms with E-state index in [4.69, 9.17) is 9.26 Å². The van der Waals surface area contributed by atoms with Crippen molar-refractivity contribution in [2.24, 2.45) is 0 Å². The highest BCUT2D eigenvalue weighted by molar-refractivity contribution is 5.84. The second-order valence-electron chi connectivity index (χ2n) is 8.31. The minimum atomic E-state index is -1.50. The number of allylic oxidation sites excluding steroid dienone is 1. The summed E-state index contributed by atoms with van der Waals surface area (Å²) < 4.78 is 11.5. The van der Waals surface area contributed by atoms with Crippen molar-refractivity contribution in [1.29, 1.82) is 0 Å². The lowest BCUT2D eigenvalue weighted by Crippen LogP contribution is -2.53. The molecule has 2 atom stereocenters. The van der Waals surface area contributed by atoms with Crippen molar-refractivity contribution in [3.63, 3.8) is 0 Å². The molecule has 9 heteroatoms.